The molecule has 41 heavy (non-hydrogen) atoms. The summed E-state index contributed by atoms with van der Waals surface area (Å²) in [5, 5.41) is 0. The topological polar surface area (TPSA) is 41.9 Å². The summed E-state index contributed by atoms with van der Waals surface area (Å²) in [6.07, 6.45) is -0.445. The number of nitrogens with zero attached hydrogens (tertiary/aromatic N) is 2. The fraction of sp³-hybridized carbons (Fsp3) is 0.135. The van der Waals surface area contributed by atoms with Crippen molar-refractivity contribution in [3.63, 3.8) is 0 Å². The van der Waals surface area contributed by atoms with Crippen LogP contribution >= 0.6 is 0 Å². The maximum Gasteiger partial charge on any atom is 0.341 e. The number of hydrogen-bond acceptors (Lipinski definition) is 4. The van der Waals surface area contributed by atoms with Gasteiger partial charge < -0.3 is 9.64 Å². The van der Waals surface area contributed by atoms with Crippen molar-refractivity contribution < 1.29 is 9.53 Å². The number of ether oxygens (including phenoxy) is 1. The van der Waals surface area contributed by atoms with Gasteiger partial charge in [0.25, 0.3) is 0 Å². The number of hydrogen-bond donors (Lipinski definition) is 0. The first-order valence-electron chi connectivity index (χ1n) is 14.0. The van der Waals surface area contributed by atoms with Crippen LogP contribution in [0.2, 0.25) is 0 Å². The standard InChI is InChI=1S/C37H32N2O2/c1-28(30-19-9-3-10-20-30)41-36(40)37(33-25-15-6-16-26-33)34(31-21-11-4-12-22-31)39(27-29-17-7-2-8-18-29)35(38-37)32-23-13-5-14-24-32/h2-26,28,34H,27H2,1H3/t28-,34+,37-/m0/s1. The molecule has 0 bridgehead atoms. The van der Waals surface area contributed by atoms with E-state index in [4.69, 9.17) is 9.73 Å². The van der Waals surface area contributed by atoms with Gasteiger partial charge in [-0.15, -0.1) is 0 Å². The van der Waals surface area contributed by atoms with Crippen LogP contribution in [0.25, 0.3) is 0 Å². The minimum absolute atomic E-state index is 0.377. The average Bonchev–Trinajstić information content (AvgIpc) is 3.39. The van der Waals surface area contributed by atoms with Crippen molar-refractivity contribution in [1.82, 2.24) is 4.90 Å². The van der Waals surface area contributed by atoms with Gasteiger partial charge in [-0.3, -0.25) is 0 Å². The van der Waals surface area contributed by atoms with Crippen LogP contribution in [-0.2, 0) is 21.6 Å². The Bertz CT molecular complexity index is 1610. The van der Waals surface area contributed by atoms with Gasteiger partial charge >= 0.3 is 5.97 Å². The summed E-state index contributed by atoms with van der Waals surface area (Å²) in [6.45, 7) is 2.49. The summed E-state index contributed by atoms with van der Waals surface area (Å²) in [4.78, 5) is 22.4. The first kappa shape index (κ1) is 26.3. The lowest BCUT2D eigenvalue weighted by molar-refractivity contribution is -0.157. The quantitative estimate of drug-likeness (QED) is 0.189. The Morgan fingerprint density at radius 1 is 0.732 bits per heavy atom. The molecular weight excluding hydrogens is 504 g/mol. The molecule has 1 aliphatic rings. The second-order valence-corrected chi connectivity index (χ2v) is 10.3. The third-order valence-electron chi connectivity index (χ3n) is 7.68. The second-order valence-electron chi connectivity index (χ2n) is 10.3. The number of carbonyl (C=O) groups excluding carboxylic acids is 1. The number of benzene rings is 5. The number of amidine groups is 1. The smallest absolute Gasteiger partial charge is 0.341 e. The molecule has 0 aliphatic carbocycles. The second kappa shape index (κ2) is 11.6. The Hall–Kier alpha value is -4.96. The van der Waals surface area contributed by atoms with E-state index < -0.39 is 17.7 Å². The van der Waals surface area contributed by atoms with Gasteiger partial charge in [0.15, 0.2) is 0 Å². The van der Waals surface area contributed by atoms with E-state index >= 15 is 0 Å². The van der Waals surface area contributed by atoms with Crippen LogP contribution in [-0.4, -0.2) is 16.7 Å². The Kier molecular flexibility index (Phi) is 7.46. The summed E-state index contributed by atoms with van der Waals surface area (Å²) in [6, 6.07) is 49.9. The van der Waals surface area contributed by atoms with E-state index in [-0.39, 0.29) is 5.97 Å². The maximum absolute atomic E-state index is 14.8. The minimum atomic E-state index is -1.34. The molecule has 0 saturated heterocycles. The molecule has 0 aromatic heterocycles. The van der Waals surface area contributed by atoms with Gasteiger partial charge in [-0.1, -0.05) is 152 Å². The number of aliphatic imine (C=N–C) groups is 1. The van der Waals surface area contributed by atoms with Crippen LogP contribution in [0.4, 0.5) is 0 Å². The lowest BCUT2D eigenvalue weighted by atomic mass is 9.79. The Morgan fingerprint density at radius 2 is 1.24 bits per heavy atom. The first-order chi connectivity index (χ1) is 20.2. The molecule has 5 aromatic rings. The van der Waals surface area contributed by atoms with Crippen LogP contribution in [0.5, 0.6) is 0 Å². The van der Waals surface area contributed by atoms with Gasteiger partial charge in [-0.05, 0) is 29.2 Å². The monoisotopic (exact) mass is 536 g/mol. The Labute approximate surface area is 241 Å². The number of rotatable bonds is 8. The fourth-order valence-corrected chi connectivity index (χ4v) is 5.69. The normalized spacial score (nSPS) is 18.9. The summed E-state index contributed by atoms with van der Waals surface area (Å²) in [5.74, 6) is 0.384. The molecular formula is C37H32N2O2. The highest BCUT2D eigenvalue weighted by Crippen LogP contribution is 2.50. The third-order valence-corrected chi connectivity index (χ3v) is 7.68. The molecule has 6 rings (SSSR count). The van der Waals surface area contributed by atoms with Gasteiger partial charge in [0, 0.05) is 12.1 Å². The van der Waals surface area contributed by atoms with Crippen molar-refractivity contribution >= 4 is 11.8 Å². The zero-order valence-electron chi connectivity index (χ0n) is 23.0. The van der Waals surface area contributed by atoms with Crippen molar-refractivity contribution in [3.8, 4) is 0 Å². The van der Waals surface area contributed by atoms with E-state index in [0.717, 1.165) is 33.7 Å². The largest absolute Gasteiger partial charge is 0.456 e. The van der Waals surface area contributed by atoms with Gasteiger partial charge in [0.1, 0.15) is 11.9 Å². The van der Waals surface area contributed by atoms with Crippen LogP contribution < -0.4 is 0 Å². The fourth-order valence-electron chi connectivity index (χ4n) is 5.69. The summed E-state index contributed by atoms with van der Waals surface area (Å²) < 4.78 is 6.34. The first-order valence-corrected chi connectivity index (χ1v) is 14.0. The van der Waals surface area contributed by atoms with E-state index in [1.807, 2.05) is 122 Å². The molecule has 1 aliphatic heterocycles. The predicted molar refractivity (Wildman–Crippen MR) is 163 cm³/mol. The van der Waals surface area contributed by atoms with Crippen molar-refractivity contribution in [3.05, 3.63) is 179 Å². The molecule has 0 radical (unpaired) electrons. The molecule has 0 N–H and O–H groups in total. The highest BCUT2D eigenvalue weighted by atomic mass is 16.5. The molecule has 5 aromatic carbocycles. The number of carbonyl (C=O) groups is 1. The van der Waals surface area contributed by atoms with Crippen LogP contribution in [0.3, 0.4) is 0 Å². The predicted octanol–water partition coefficient (Wildman–Crippen LogP) is 7.89. The molecule has 3 atom stereocenters. The molecule has 4 heteroatoms. The lowest BCUT2D eigenvalue weighted by Crippen LogP contribution is -2.44. The maximum atomic E-state index is 14.8. The summed E-state index contributed by atoms with van der Waals surface area (Å²) in [5.41, 5.74) is 3.46. The minimum Gasteiger partial charge on any atom is -0.456 e. The molecule has 0 spiro atoms. The highest BCUT2D eigenvalue weighted by molar-refractivity contribution is 6.04. The van der Waals surface area contributed by atoms with Gasteiger partial charge in [0.05, 0.1) is 6.04 Å². The van der Waals surface area contributed by atoms with Crippen molar-refractivity contribution in [1.29, 1.82) is 0 Å². The highest BCUT2D eigenvalue weighted by Gasteiger charge is 2.57. The molecule has 202 valence electrons. The summed E-state index contributed by atoms with van der Waals surface area (Å²) >= 11 is 0. The van der Waals surface area contributed by atoms with E-state index in [0.29, 0.717) is 6.54 Å². The Balaban J connectivity index is 1.57. The number of esters is 1. The average molecular weight is 537 g/mol. The van der Waals surface area contributed by atoms with E-state index in [1.54, 1.807) is 0 Å². The van der Waals surface area contributed by atoms with Crippen molar-refractivity contribution in [2.75, 3.05) is 0 Å². The molecule has 0 unspecified atom stereocenters. The van der Waals surface area contributed by atoms with Gasteiger partial charge in [-0.25, -0.2) is 9.79 Å². The molecule has 0 saturated carbocycles. The van der Waals surface area contributed by atoms with E-state index in [1.165, 1.54) is 0 Å². The molecule has 1 heterocycles. The van der Waals surface area contributed by atoms with E-state index in [9.17, 15) is 4.79 Å². The van der Waals surface area contributed by atoms with Crippen LogP contribution in [0.15, 0.2) is 157 Å². The summed E-state index contributed by atoms with van der Waals surface area (Å²) in [7, 11) is 0. The SMILES string of the molecule is C[C@H](OC(=O)[C@@]1(c2ccccc2)N=C(c2ccccc2)N(Cc2ccccc2)[C@@H]1c1ccccc1)c1ccccc1. The van der Waals surface area contributed by atoms with Crippen molar-refractivity contribution in [2.45, 2.75) is 31.2 Å². The molecule has 4 nitrogen and oxygen atoms in total. The third kappa shape index (κ3) is 5.17. The van der Waals surface area contributed by atoms with Gasteiger partial charge in [0.2, 0.25) is 5.54 Å². The lowest BCUT2D eigenvalue weighted by Gasteiger charge is -2.37. The van der Waals surface area contributed by atoms with Crippen molar-refractivity contribution in [2.24, 2.45) is 4.99 Å². The van der Waals surface area contributed by atoms with Crippen LogP contribution in [0.1, 0.15) is 46.9 Å². The molecule has 0 fully saturated rings. The Morgan fingerprint density at radius 3 is 1.85 bits per heavy atom. The molecule has 0 amide bonds. The van der Waals surface area contributed by atoms with Crippen LogP contribution in [0, 0.1) is 0 Å². The zero-order valence-corrected chi connectivity index (χ0v) is 23.0. The van der Waals surface area contributed by atoms with E-state index in [2.05, 4.69) is 41.3 Å². The zero-order chi connectivity index (χ0) is 28.1. The van der Waals surface area contributed by atoms with Gasteiger partial charge in [-0.2, -0.15) is 0 Å².